The van der Waals surface area contributed by atoms with Gasteiger partial charge in [0.15, 0.2) is 0 Å². The summed E-state index contributed by atoms with van der Waals surface area (Å²) in [4.78, 5) is 14.3. The Morgan fingerprint density at radius 3 is 2.80 bits per heavy atom. The minimum Gasteiger partial charge on any atom is -0.480 e. The number of carbonyl (C=O) groups is 1. The Balaban J connectivity index is 2.39. The lowest BCUT2D eigenvalue weighted by Crippen LogP contribution is -2.40. The van der Waals surface area contributed by atoms with Gasteiger partial charge in [-0.05, 0) is 6.07 Å². The Morgan fingerprint density at radius 2 is 2.25 bits per heavy atom. The van der Waals surface area contributed by atoms with Gasteiger partial charge in [-0.1, -0.05) is 0 Å². The van der Waals surface area contributed by atoms with E-state index in [1.165, 1.54) is 7.11 Å². The van der Waals surface area contributed by atoms with E-state index in [4.69, 9.17) is 9.84 Å². The second kappa shape index (κ2) is 5.43. The van der Waals surface area contributed by atoms with Crippen molar-refractivity contribution in [3.05, 3.63) is 24.3 Å². The number of aromatic nitrogens is 1. The molecule has 1 aromatic heterocycles. The lowest BCUT2D eigenvalue weighted by molar-refractivity contribution is -0.140. The molecular formula is C11H13FN2O5S. The number of carboxylic acid groups (broad SMARTS) is 1. The molecule has 2 rings (SSSR count). The Hall–Kier alpha value is -1.58. The quantitative estimate of drug-likeness (QED) is 0.846. The molecule has 2 atom stereocenters. The first-order valence-electron chi connectivity index (χ1n) is 5.74. The maximum absolute atomic E-state index is 13.1. The van der Waals surface area contributed by atoms with Crippen molar-refractivity contribution >= 4 is 16.0 Å². The van der Waals surface area contributed by atoms with Crippen molar-refractivity contribution in [2.75, 3.05) is 13.7 Å². The fraction of sp³-hybridized carbons (Fsp3) is 0.455. The summed E-state index contributed by atoms with van der Waals surface area (Å²) in [5.41, 5.74) is 0. The molecule has 7 nitrogen and oxygen atoms in total. The fourth-order valence-electron chi connectivity index (χ4n) is 2.10. The molecule has 0 spiro atoms. The summed E-state index contributed by atoms with van der Waals surface area (Å²) in [6.07, 6.45) is 1.40. The standard InChI is InChI=1S/C11H13FN2O5S/c1-19-8-3-10(11(15)16)14(6-8)20(17,18)9-2-7(12)4-13-5-9/h2,4-5,8,10H,3,6H2,1H3,(H,15,16). The summed E-state index contributed by atoms with van der Waals surface area (Å²) < 4.78 is 43.6. The molecule has 9 heteroatoms. The second-order valence-corrected chi connectivity index (χ2v) is 6.25. The molecule has 110 valence electrons. The van der Waals surface area contributed by atoms with E-state index in [0.29, 0.717) is 0 Å². The van der Waals surface area contributed by atoms with E-state index in [9.17, 15) is 17.6 Å². The first-order valence-corrected chi connectivity index (χ1v) is 7.18. The van der Waals surface area contributed by atoms with Gasteiger partial charge in [-0.2, -0.15) is 4.31 Å². The van der Waals surface area contributed by atoms with Crippen LogP contribution in [0.3, 0.4) is 0 Å². The Kier molecular flexibility index (Phi) is 4.02. The maximum atomic E-state index is 13.1. The van der Waals surface area contributed by atoms with Crippen LogP contribution in [0.2, 0.25) is 0 Å². The number of sulfonamides is 1. The molecule has 1 aliphatic rings. The van der Waals surface area contributed by atoms with Gasteiger partial charge in [0.25, 0.3) is 0 Å². The van der Waals surface area contributed by atoms with Crippen molar-refractivity contribution in [1.82, 2.24) is 9.29 Å². The minimum atomic E-state index is -4.13. The molecule has 0 amide bonds. The van der Waals surface area contributed by atoms with Gasteiger partial charge >= 0.3 is 5.97 Å². The molecule has 0 bridgehead atoms. The highest BCUT2D eigenvalue weighted by atomic mass is 32.2. The van der Waals surface area contributed by atoms with E-state index in [1.54, 1.807) is 0 Å². The predicted octanol–water partition coefficient (Wildman–Crippen LogP) is 0.0833. The maximum Gasteiger partial charge on any atom is 0.322 e. The molecule has 1 fully saturated rings. The van der Waals surface area contributed by atoms with Crippen molar-refractivity contribution in [2.45, 2.75) is 23.5 Å². The zero-order valence-corrected chi connectivity index (χ0v) is 11.4. The van der Waals surface area contributed by atoms with Crippen LogP contribution in [0.4, 0.5) is 4.39 Å². The van der Waals surface area contributed by atoms with Crippen molar-refractivity contribution in [3.63, 3.8) is 0 Å². The summed E-state index contributed by atoms with van der Waals surface area (Å²) in [5, 5.41) is 9.11. The normalized spacial score (nSPS) is 23.9. The Morgan fingerprint density at radius 1 is 1.55 bits per heavy atom. The van der Waals surface area contributed by atoms with Crippen molar-refractivity contribution in [2.24, 2.45) is 0 Å². The summed E-state index contributed by atoms with van der Waals surface area (Å²) in [5.74, 6) is -2.07. The SMILES string of the molecule is COC1CC(C(=O)O)N(S(=O)(=O)c2cncc(F)c2)C1. The van der Waals surface area contributed by atoms with Crippen molar-refractivity contribution < 1.29 is 27.4 Å². The molecule has 0 saturated carbocycles. The van der Waals surface area contributed by atoms with Crippen molar-refractivity contribution in [1.29, 1.82) is 0 Å². The van der Waals surface area contributed by atoms with Crippen LogP contribution in [0.1, 0.15) is 6.42 Å². The highest BCUT2D eigenvalue weighted by molar-refractivity contribution is 7.89. The summed E-state index contributed by atoms with van der Waals surface area (Å²) in [7, 11) is -2.75. The van der Waals surface area contributed by atoms with Crippen LogP contribution in [-0.2, 0) is 19.6 Å². The second-order valence-electron chi connectivity index (χ2n) is 4.36. The number of nitrogens with zero attached hydrogens (tertiary/aromatic N) is 2. The van der Waals surface area contributed by atoms with Gasteiger partial charge in [-0.15, -0.1) is 0 Å². The van der Waals surface area contributed by atoms with Crippen LogP contribution in [0, 0.1) is 5.82 Å². The van der Waals surface area contributed by atoms with E-state index in [-0.39, 0.29) is 17.9 Å². The molecular weight excluding hydrogens is 291 g/mol. The average molecular weight is 304 g/mol. The summed E-state index contributed by atoms with van der Waals surface area (Å²) in [6.45, 7) is -0.0910. The average Bonchev–Trinajstić information content (AvgIpc) is 2.83. The highest BCUT2D eigenvalue weighted by Gasteiger charge is 2.44. The summed E-state index contributed by atoms with van der Waals surface area (Å²) >= 11 is 0. The number of rotatable bonds is 4. The third-order valence-corrected chi connectivity index (χ3v) is 4.96. The Labute approximate surface area is 115 Å². The van der Waals surface area contributed by atoms with E-state index < -0.39 is 34.0 Å². The molecule has 0 aromatic carbocycles. The zero-order valence-electron chi connectivity index (χ0n) is 10.6. The lowest BCUT2D eigenvalue weighted by Gasteiger charge is -2.20. The Bertz CT molecular complexity index is 621. The first-order chi connectivity index (χ1) is 9.36. The molecule has 0 radical (unpaired) electrons. The van der Waals surface area contributed by atoms with Crippen LogP contribution in [0.15, 0.2) is 23.4 Å². The van der Waals surface area contributed by atoms with E-state index in [2.05, 4.69) is 4.98 Å². The predicted molar refractivity (Wildman–Crippen MR) is 64.9 cm³/mol. The topological polar surface area (TPSA) is 96.8 Å². The van der Waals surface area contributed by atoms with Crippen LogP contribution < -0.4 is 0 Å². The number of hydrogen-bond donors (Lipinski definition) is 1. The zero-order chi connectivity index (χ0) is 14.9. The number of aliphatic carboxylic acids is 1. The van der Waals surface area contributed by atoms with E-state index >= 15 is 0 Å². The number of pyridine rings is 1. The molecule has 1 N–H and O–H groups in total. The summed E-state index contributed by atoms with van der Waals surface area (Å²) in [6, 6.07) is -0.422. The minimum absolute atomic E-state index is 0.0494. The molecule has 0 aliphatic carbocycles. The third kappa shape index (κ3) is 2.65. The van der Waals surface area contributed by atoms with Gasteiger partial charge in [-0.3, -0.25) is 9.78 Å². The van der Waals surface area contributed by atoms with Crippen LogP contribution in [-0.4, -0.2) is 54.6 Å². The van der Waals surface area contributed by atoms with Crippen molar-refractivity contribution in [3.8, 4) is 0 Å². The van der Waals surface area contributed by atoms with Crippen LogP contribution >= 0.6 is 0 Å². The monoisotopic (exact) mass is 304 g/mol. The molecule has 20 heavy (non-hydrogen) atoms. The smallest absolute Gasteiger partial charge is 0.322 e. The largest absolute Gasteiger partial charge is 0.480 e. The number of ether oxygens (including phenoxy) is 1. The third-order valence-electron chi connectivity index (χ3n) is 3.12. The van der Waals surface area contributed by atoms with Crippen LogP contribution in [0.25, 0.3) is 0 Å². The van der Waals surface area contributed by atoms with Gasteiger partial charge in [0.1, 0.15) is 16.8 Å². The first kappa shape index (κ1) is 14.8. The highest BCUT2D eigenvalue weighted by Crippen LogP contribution is 2.27. The van der Waals surface area contributed by atoms with Gasteiger partial charge in [0.2, 0.25) is 10.0 Å². The fourth-order valence-corrected chi connectivity index (χ4v) is 3.70. The number of hydrogen-bond acceptors (Lipinski definition) is 5. The molecule has 1 saturated heterocycles. The number of methoxy groups -OCH3 is 1. The van der Waals surface area contributed by atoms with Gasteiger partial charge < -0.3 is 9.84 Å². The van der Waals surface area contributed by atoms with Crippen LogP contribution in [0.5, 0.6) is 0 Å². The van der Waals surface area contributed by atoms with Gasteiger partial charge in [-0.25, -0.2) is 12.8 Å². The van der Waals surface area contributed by atoms with E-state index in [0.717, 1.165) is 22.8 Å². The molecule has 1 aliphatic heterocycles. The van der Waals surface area contributed by atoms with Gasteiger partial charge in [0, 0.05) is 26.3 Å². The number of carboxylic acids is 1. The molecule has 1 aromatic rings. The van der Waals surface area contributed by atoms with E-state index in [1.807, 2.05) is 0 Å². The lowest BCUT2D eigenvalue weighted by atomic mass is 10.2. The molecule has 2 heterocycles. The molecule has 2 unspecified atom stereocenters. The number of halogens is 1. The van der Waals surface area contributed by atoms with Gasteiger partial charge in [0.05, 0.1) is 12.3 Å².